The van der Waals surface area contributed by atoms with Crippen molar-refractivity contribution in [2.45, 2.75) is 57.4 Å². The Hall–Kier alpha value is -3.69. The van der Waals surface area contributed by atoms with Crippen molar-refractivity contribution in [3.63, 3.8) is 0 Å². The first-order valence-electron chi connectivity index (χ1n) is 12.9. The van der Waals surface area contributed by atoms with Gasteiger partial charge in [0, 0.05) is 28.9 Å². The molecule has 0 radical (unpaired) electrons. The first-order chi connectivity index (χ1) is 18.8. The minimum Gasteiger partial charge on any atom is -0.422 e. The number of halogens is 2. The molecule has 0 spiro atoms. The predicted octanol–water partition coefficient (Wildman–Crippen LogP) is 5.75. The molecule has 7 rings (SSSR count). The molecule has 1 saturated carbocycles. The second-order valence-electron chi connectivity index (χ2n) is 10.6. The largest absolute Gasteiger partial charge is 0.422 e. The molecule has 2 N–H and O–H groups in total. The number of carbonyl (C=O) groups is 1. The van der Waals surface area contributed by atoms with E-state index in [0.717, 1.165) is 35.0 Å². The number of aromatic nitrogens is 6. The molecule has 1 amide bonds. The number of aromatic amines is 1. The number of nitrogens with one attached hydrogen (secondary N) is 2. The van der Waals surface area contributed by atoms with Gasteiger partial charge >= 0.3 is 0 Å². The Morgan fingerprint density at radius 3 is 2.67 bits per heavy atom. The highest BCUT2D eigenvalue weighted by molar-refractivity contribution is 6.40. The van der Waals surface area contributed by atoms with E-state index in [1.807, 2.05) is 0 Å². The van der Waals surface area contributed by atoms with Gasteiger partial charge in [-0.3, -0.25) is 4.79 Å². The predicted molar refractivity (Wildman–Crippen MR) is 147 cm³/mol. The molecule has 198 valence electrons. The third-order valence-electron chi connectivity index (χ3n) is 7.68. The van der Waals surface area contributed by atoms with Crippen LogP contribution < -0.4 is 5.32 Å². The fourth-order valence-electron chi connectivity index (χ4n) is 5.49. The van der Waals surface area contributed by atoms with Gasteiger partial charge in [-0.1, -0.05) is 35.3 Å². The lowest BCUT2D eigenvalue weighted by molar-refractivity contribution is 0.0861. The second-order valence-corrected chi connectivity index (χ2v) is 11.4. The Labute approximate surface area is 233 Å². The van der Waals surface area contributed by atoms with E-state index in [0.29, 0.717) is 48.5 Å². The molecule has 2 aliphatic rings. The number of fused-ring (bicyclic) bond motifs is 3. The number of benzene rings is 2. The van der Waals surface area contributed by atoms with Crippen molar-refractivity contribution in [2.24, 2.45) is 0 Å². The fraction of sp³-hybridized carbons (Fsp3) is 0.321. The van der Waals surface area contributed by atoms with Crippen molar-refractivity contribution < 1.29 is 9.21 Å². The molecule has 2 aromatic carbocycles. The van der Waals surface area contributed by atoms with E-state index >= 15 is 0 Å². The minimum atomic E-state index is -0.918. The Bertz CT molecular complexity index is 1740. The topological polar surface area (TPSA) is 115 Å². The lowest BCUT2D eigenvalue weighted by atomic mass is 9.79. The minimum absolute atomic E-state index is 0.181. The highest BCUT2D eigenvalue weighted by Gasteiger charge is 2.45. The molecule has 39 heavy (non-hydrogen) atoms. The summed E-state index contributed by atoms with van der Waals surface area (Å²) in [5, 5.41) is 17.9. The zero-order valence-corrected chi connectivity index (χ0v) is 22.9. The van der Waals surface area contributed by atoms with E-state index in [2.05, 4.69) is 55.7 Å². The van der Waals surface area contributed by atoms with Crippen molar-refractivity contribution in [2.75, 3.05) is 0 Å². The van der Waals surface area contributed by atoms with E-state index in [4.69, 9.17) is 27.6 Å². The molecule has 5 aromatic rings. The molecule has 0 bridgehead atoms. The van der Waals surface area contributed by atoms with Crippen LogP contribution in [0.15, 0.2) is 41.1 Å². The van der Waals surface area contributed by atoms with E-state index < -0.39 is 11.4 Å². The zero-order valence-electron chi connectivity index (χ0n) is 21.4. The number of hydrogen-bond donors (Lipinski definition) is 2. The number of amides is 1. The monoisotopic (exact) mass is 561 g/mol. The van der Waals surface area contributed by atoms with Crippen LogP contribution in [0, 0.1) is 13.8 Å². The van der Waals surface area contributed by atoms with Gasteiger partial charge in [-0.25, -0.2) is 9.67 Å². The van der Waals surface area contributed by atoms with Gasteiger partial charge in [0.1, 0.15) is 17.7 Å². The normalized spacial score (nSPS) is 18.9. The molecule has 1 atom stereocenters. The smallest absolute Gasteiger partial charge is 0.255 e. The van der Waals surface area contributed by atoms with Crippen molar-refractivity contribution in [1.82, 2.24) is 35.3 Å². The van der Waals surface area contributed by atoms with Crippen molar-refractivity contribution in [1.29, 1.82) is 0 Å². The quantitative estimate of drug-likeness (QED) is 0.282. The SMILES string of the molecule is Cc1ccc2c3c([nH]c2c1)CC[C@](NC(=O)c1c(Cl)cc(-n2cnc(C)n2)cc1Cl)(c1nnc(C2CC2)o1)C3. The number of hydrogen-bond acceptors (Lipinski definition) is 6. The van der Waals surface area contributed by atoms with E-state index in [1.165, 1.54) is 5.56 Å². The number of rotatable bonds is 5. The Kier molecular flexibility index (Phi) is 5.57. The van der Waals surface area contributed by atoms with Crippen LogP contribution in [0.4, 0.5) is 0 Å². The van der Waals surface area contributed by atoms with Crippen LogP contribution in [0.2, 0.25) is 10.0 Å². The lowest BCUT2D eigenvalue weighted by Gasteiger charge is -2.35. The second kappa shape index (κ2) is 8.93. The molecule has 0 unspecified atom stereocenters. The maximum Gasteiger partial charge on any atom is 0.255 e. The van der Waals surface area contributed by atoms with Gasteiger partial charge in [-0.05, 0) is 68.9 Å². The Balaban J connectivity index is 1.28. The molecule has 3 aromatic heterocycles. The number of H-pyrrole nitrogens is 1. The molecule has 0 saturated heterocycles. The first-order valence-corrected chi connectivity index (χ1v) is 13.7. The first kappa shape index (κ1) is 24.4. The third-order valence-corrected chi connectivity index (χ3v) is 8.28. The van der Waals surface area contributed by atoms with Crippen molar-refractivity contribution in [3.05, 3.63) is 86.7 Å². The van der Waals surface area contributed by atoms with Crippen LogP contribution in [0.25, 0.3) is 16.6 Å². The van der Waals surface area contributed by atoms with Gasteiger partial charge in [-0.15, -0.1) is 10.2 Å². The molecule has 2 aliphatic carbocycles. The maximum atomic E-state index is 13.9. The van der Waals surface area contributed by atoms with Gasteiger partial charge in [0.25, 0.3) is 5.91 Å². The molecular formula is C28H25Cl2N7O2. The highest BCUT2D eigenvalue weighted by atomic mass is 35.5. The summed E-state index contributed by atoms with van der Waals surface area (Å²) < 4.78 is 7.78. The average Bonchev–Trinajstić information content (AvgIpc) is 3.29. The van der Waals surface area contributed by atoms with Gasteiger partial charge < -0.3 is 14.7 Å². The van der Waals surface area contributed by atoms with Crippen LogP contribution in [-0.2, 0) is 18.4 Å². The summed E-state index contributed by atoms with van der Waals surface area (Å²) in [6, 6.07) is 9.67. The van der Waals surface area contributed by atoms with Crippen molar-refractivity contribution in [3.8, 4) is 5.69 Å². The van der Waals surface area contributed by atoms with Crippen LogP contribution in [-0.4, -0.2) is 35.9 Å². The number of nitrogens with zero attached hydrogens (tertiary/aromatic N) is 5. The highest BCUT2D eigenvalue weighted by Crippen LogP contribution is 2.43. The van der Waals surface area contributed by atoms with E-state index in [9.17, 15) is 4.79 Å². The van der Waals surface area contributed by atoms with Gasteiger partial charge in [0.2, 0.25) is 11.8 Å². The van der Waals surface area contributed by atoms with Crippen LogP contribution in [0.5, 0.6) is 0 Å². The molecule has 0 aliphatic heterocycles. The van der Waals surface area contributed by atoms with E-state index in [-0.39, 0.29) is 15.6 Å². The summed E-state index contributed by atoms with van der Waals surface area (Å²) in [6.45, 7) is 3.86. The zero-order chi connectivity index (χ0) is 26.9. The fourth-order valence-corrected chi connectivity index (χ4v) is 6.14. The summed E-state index contributed by atoms with van der Waals surface area (Å²) in [6.07, 6.45) is 5.42. The Morgan fingerprint density at radius 2 is 1.95 bits per heavy atom. The molecular weight excluding hydrogens is 537 g/mol. The van der Waals surface area contributed by atoms with Crippen LogP contribution in [0.3, 0.4) is 0 Å². The van der Waals surface area contributed by atoms with Gasteiger partial charge in [0.15, 0.2) is 0 Å². The lowest BCUT2D eigenvalue weighted by Crippen LogP contribution is -2.50. The standard InChI is InChI=1S/C28H25Cl2N7O2/c1-14-3-6-18-19-12-28(8-7-22(19)32-23(18)9-14,27-35-34-26(39-27)16-4-5-16)33-25(38)24-20(29)10-17(11-21(24)30)37-13-31-15(2)36-37/h3,6,9-11,13,16,32H,4-5,7-8,12H2,1-2H3,(H,33,38)/t28-/m1/s1. The maximum absolute atomic E-state index is 13.9. The average molecular weight is 562 g/mol. The Morgan fingerprint density at radius 1 is 1.15 bits per heavy atom. The van der Waals surface area contributed by atoms with Crippen LogP contribution in [0.1, 0.15) is 70.0 Å². The third kappa shape index (κ3) is 4.20. The van der Waals surface area contributed by atoms with Gasteiger partial charge in [0.05, 0.1) is 21.3 Å². The van der Waals surface area contributed by atoms with E-state index in [1.54, 1.807) is 30.1 Å². The summed E-state index contributed by atoms with van der Waals surface area (Å²) in [7, 11) is 0. The number of aryl methyl sites for hydroxylation is 3. The molecule has 9 nitrogen and oxygen atoms in total. The van der Waals surface area contributed by atoms with Gasteiger partial charge in [-0.2, -0.15) is 5.10 Å². The van der Waals surface area contributed by atoms with Crippen LogP contribution >= 0.6 is 23.2 Å². The summed E-state index contributed by atoms with van der Waals surface area (Å²) in [5.41, 5.74) is 4.43. The number of carbonyl (C=O) groups excluding carboxylic acids is 1. The summed E-state index contributed by atoms with van der Waals surface area (Å²) >= 11 is 13.3. The summed E-state index contributed by atoms with van der Waals surface area (Å²) in [4.78, 5) is 21.6. The molecule has 1 fully saturated rings. The molecule has 3 heterocycles. The summed E-state index contributed by atoms with van der Waals surface area (Å²) in [5.74, 6) is 1.54. The molecule has 11 heteroatoms. The van der Waals surface area contributed by atoms with Crippen molar-refractivity contribution >= 4 is 40.0 Å².